The zero-order chi connectivity index (χ0) is 34.2. The van der Waals surface area contributed by atoms with Crippen molar-refractivity contribution in [2.75, 3.05) is 29.9 Å². The van der Waals surface area contributed by atoms with Gasteiger partial charge in [0.25, 0.3) is 40.5 Å². The third-order valence-electron chi connectivity index (χ3n) is 6.92. The molecule has 0 saturated heterocycles. The van der Waals surface area contributed by atoms with E-state index in [1.807, 2.05) is 0 Å². The molecule has 2 aliphatic rings. The van der Waals surface area contributed by atoms with E-state index < -0.39 is 61.8 Å². The van der Waals surface area contributed by atoms with Crippen LogP contribution in [0.15, 0.2) is 61.7 Å². The van der Waals surface area contributed by atoms with E-state index in [9.17, 15) is 42.8 Å². The minimum atomic E-state index is -5.07. The van der Waals surface area contributed by atoms with Gasteiger partial charge in [-0.3, -0.25) is 23.2 Å². The number of fused-ring (bicyclic) bond motifs is 2. The molecule has 2 aromatic carbocycles. The summed E-state index contributed by atoms with van der Waals surface area (Å²) in [6.45, 7) is 3.59. The normalized spacial score (nSPS) is 13.5. The molecule has 4 rings (SSSR count). The predicted molar refractivity (Wildman–Crippen MR) is 168 cm³/mol. The summed E-state index contributed by atoms with van der Waals surface area (Å²) in [5.41, 5.74) is 2.30. The summed E-state index contributed by atoms with van der Waals surface area (Å²) in [4.78, 5) is 2.81. The van der Waals surface area contributed by atoms with E-state index >= 15 is 0 Å². The highest BCUT2D eigenvalue weighted by Gasteiger charge is 2.27. The smallest absolute Gasteiger partial charge is 0.295 e. The summed E-state index contributed by atoms with van der Waals surface area (Å²) in [6.07, 6.45) is 0.107. The van der Waals surface area contributed by atoms with Crippen LogP contribution >= 0.6 is 0 Å². The Labute approximate surface area is 265 Å². The zero-order valence-corrected chi connectivity index (χ0v) is 27.6. The first-order valence-corrected chi connectivity index (χ1v) is 19.5. The summed E-state index contributed by atoms with van der Waals surface area (Å²) >= 11 is 0. The maximum absolute atomic E-state index is 12.6. The molecule has 1 aliphatic carbocycles. The van der Waals surface area contributed by atoms with Crippen LogP contribution in [-0.2, 0) is 40.5 Å². The summed E-state index contributed by atoms with van der Waals surface area (Å²) in [7, 11) is -18.3. The van der Waals surface area contributed by atoms with Gasteiger partial charge in [-0.15, -0.1) is 0 Å². The Balaban J connectivity index is 2.01. The molecule has 0 amide bonds. The number of hydrogen-bond acceptors (Lipinski definition) is 11. The highest BCUT2D eigenvalue weighted by molar-refractivity contribution is 7.87. The molecule has 0 fully saturated rings. The van der Waals surface area contributed by atoms with Crippen LogP contribution in [0.1, 0.15) is 24.0 Å². The van der Waals surface area contributed by atoms with Crippen LogP contribution in [-0.4, -0.2) is 76.5 Å². The first kappa shape index (κ1) is 35.4. The predicted octanol–water partition coefficient (Wildman–Crippen LogP) is 3.18. The van der Waals surface area contributed by atoms with Crippen LogP contribution in [0.4, 0.5) is 5.69 Å². The highest BCUT2D eigenvalue weighted by Crippen LogP contribution is 2.44. The first-order chi connectivity index (χ1) is 21.1. The lowest BCUT2D eigenvalue weighted by Crippen LogP contribution is -2.12. The number of rotatable bonds is 12. The third-order valence-corrected chi connectivity index (χ3v) is 10.3. The second-order valence-corrected chi connectivity index (χ2v) is 16.4. The Morgan fingerprint density at radius 2 is 1.39 bits per heavy atom. The highest BCUT2D eigenvalue weighted by atomic mass is 32.2. The van der Waals surface area contributed by atoms with E-state index in [1.54, 1.807) is 32.0 Å². The van der Waals surface area contributed by atoms with Gasteiger partial charge in [0.05, 0.1) is 21.8 Å². The average molecular weight is 719 g/mol. The van der Waals surface area contributed by atoms with E-state index in [4.69, 9.17) is 13.5 Å². The summed E-state index contributed by atoms with van der Waals surface area (Å²) in [5, 5.41) is 3.79. The second kappa shape index (κ2) is 13.0. The van der Waals surface area contributed by atoms with Crippen molar-refractivity contribution in [2.45, 2.75) is 36.5 Å². The van der Waals surface area contributed by atoms with Crippen molar-refractivity contribution in [3.8, 4) is 22.5 Å². The molecule has 0 aromatic heterocycles. The second-order valence-electron chi connectivity index (χ2n) is 10.5. The van der Waals surface area contributed by atoms with Crippen molar-refractivity contribution < 1.29 is 56.3 Å². The van der Waals surface area contributed by atoms with Crippen LogP contribution in [0.25, 0.3) is 33.4 Å². The van der Waals surface area contributed by atoms with Gasteiger partial charge in [0, 0.05) is 53.0 Å². The Bertz CT molecular complexity index is 2310. The number of hydrogen-bond donors (Lipinski definition) is 5. The van der Waals surface area contributed by atoms with Crippen molar-refractivity contribution in [2.24, 2.45) is 4.99 Å². The van der Waals surface area contributed by atoms with Crippen molar-refractivity contribution in [1.29, 1.82) is 0 Å². The van der Waals surface area contributed by atoms with Crippen molar-refractivity contribution in [3.63, 3.8) is 0 Å². The Morgan fingerprint density at radius 1 is 0.739 bits per heavy atom. The molecule has 46 heavy (non-hydrogen) atoms. The molecule has 0 radical (unpaired) electrons. The van der Waals surface area contributed by atoms with E-state index in [0.717, 1.165) is 12.1 Å². The minimum absolute atomic E-state index is 0.0279. The zero-order valence-electron chi connectivity index (χ0n) is 24.3. The lowest BCUT2D eigenvalue weighted by molar-refractivity contribution is 0.478. The minimum Gasteiger partial charge on any atom is -0.456 e. The van der Waals surface area contributed by atoms with Gasteiger partial charge in [-0.1, -0.05) is 6.07 Å². The summed E-state index contributed by atoms with van der Waals surface area (Å²) in [6, 6.07) is 9.10. The van der Waals surface area contributed by atoms with Gasteiger partial charge in [0.1, 0.15) is 16.2 Å². The van der Waals surface area contributed by atoms with Crippen molar-refractivity contribution >= 4 is 57.1 Å². The molecule has 1 aliphatic heterocycles. The molecule has 0 atom stereocenters. The summed E-state index contributed by atoms with van der Waals surface area (Å²) in [5.74, 6) is -0.804. The molecule has 0 unspecified atom stereocenters. The lowest BCUT2D eigenvalue weighted by atomic mass is 9.91. The molecule has 250 valence electrons. The third kappa shape index (κ3) is 8.68. The molecule has 2 aromatic rings. The monoisotopic (exact) mass is 718 g/mol. The van der Waals surface area contributed by atoms with Crippen molar-refractivity contribution in [1.82, 2.24) is 0 Å². The molecule has 5 N–H and O–H groups in total. The van der Waals surface area contributed by atoms with Crippen LogP contribution in [0.2, 0.25) is 0 Å². The topological polar surface area (TPSA) is 255 Å². The molecule has 0 bridgehead atoms. The Kier molecular flexibility index (Phi) is 10.0. The molecular formula is C27H30N2O13S4. The Hall–Kier alpha value is -3.43. The van der Waals surface area contributed by atoms with Gasteiger partial charge in [-0.2, -0.15) is 33.7 Å². The number of nitrogens with zero attached hydrogens (tertiary/aromatic N) is 1. The molecular weight excluding hydrogens is 689 g/mol. The largest absolute Gasteiger partial charge is 0.456 e. The quantitative estimate of drug-likeness (QED) is 0.0801. The van der Waals surface area contributed by atoms with Crippen LogP contribution in [0.5, 0.6) is 0 Å². The molecule has 19 heteroatoms. The van der Waals surface area contributed by atoms with E-state index in [1.165, 1.54) is 6.07 Å². The molecule has 1 heterocycles. The first-order valence-electron chi connectivity index (χ1n) is 13.4. The van der Waals surface area contributed by atoms with Gasteiger partial charge in [-0.25, -0.2) is 0 Å². The summed E-state index contributed by atoms with van der Waals surface area (Å²) < 4.78 is 137. The fourth-order valence-electron chi connectivity index (χ4n) is 4.85. The van der Waals surface area contributed by atoms with Gasteiger partial charge in [0.15, 0.2) is 0 Å². The number of benzene rings is 3. The van der Waals surface area contributed by atoms with E-state index in [2.05, 4.69) is 10.3 Å². The van der Waals surface area contributed by atoms with E-state index in [0.29, 0.717) is 39.2 Å². The SMILES string of the molecule is Cc1cc2c(-c3ccc(S(=O)(=O)O)cc3S(=O)(=O)O)c3cc(C)c(=NCCCS(=O)(=O)O)cc-3oc2cc1NCCCS(=O)(=O)O. The van der Waals surface area contributed by atoms with Gasteiger partial charge < -0.3 is 9.73 Å². The van der Waals surface area contributed by atoms with Crippen LogP contribution in [0.3, 0.4) is 0 Å². The standard InChI is InChI=1S/C27H30N2O13S4/c1-16-11-20-24(14-22(16)28-7-3-9-43(30,31)32)42-25-15-23(29-8-4-10-44(33,34)35)17(2)12-21(25)27(20)19-6-5-18(45(36,37)38)13-26(19)46(39,40)41/h5-6,11-15,28H,3-4,7-10H2,1-2H3,(H,30,31,32)(H,33,34,35)(H,36,37,38)(H,39,40,41). The Morgan fingerprint density at radius 3 is 2.00 bits per heavy atom. The fourth-order valence-corrected chi connectivity index (χ4v) is 7.16. The molecule has 0 saturated carbocycles. The number of anilines is 1. The number of aryl methyl sites for hydroxylation is 2. The van der Waals surface area contributed by atoms with Crippen LogP contribution < -0.4 is 10.7 Å². The molecule has 0 spiro atoms. The lowest BCUT2D eigenvalue weighted by Gasteiger charge is -2.20. The maximum Gasteiger partial charge on any atom is 0.295 e. The van der Waals surface area contributed by atoms with Crippen molar-refractivity contribution in [3.05, 3.63) is 58.9 Å². The number of nitrogens with one attached hydrogen (secondary N) is 1. The fraction of sp³-hybridized carbons (Fsp3) is 0.296. The maximum atomic E-state index is 12.6. The van der Waals surface area contributed by atoms with Gasteiger partial charge in [-0.05, 0) is 62.1 Å². The molecule has 15 nitrogen and oxygen atoms in total. The van der Waals surface area contributed by atoms with Gasteiger partial charge >= 0.3 is 0 Å². The van der Waals surface area contributed by atoms with E-state index in [-0.39, 0.29) is 48.4 Å². The average Bonchev–Trinajstić information content (AvgIpc) is 2.90. The van der Waals surface area contributed by atoms with Gasteiger partial charge in [0.2, 0.25) is 0 Å². The van der Waals surface area contributed by atoms with Crippen LogP contribution in [0, 0.1) is 13.8 Å².